The molecule has 3 aromatic heterocycles. The molecule has 0 saturated heterocycles. The van der Waals surface area contributed by atoms with Crippen LogP contribution in [0.25, 0.3) is 33.9 Å². The number of hydrogen-bond donors (Lipinski definition) is 5. The van der Waals surface area contributed by atoms with E-state index in [1.807, 2.05) is 6.07 Å². The molecule has 238 valence electrons. The summed E-state index contributed by atoms with van der Waals surface area (Å²) in [6.07, 6.45) is 0.0827. The molecule has 0 amide bonds. The number of phenolic OH excluding ortho intramolecular Hbond substituents is 1. The van der Waals surface area contributed by atoms with Gasteiger partial charge in [-0.15, -0.1) is 0 Å². The van der Waals surface area contributed by atoms with Crippen molar-refractivity contribution in [2.24, 2.45) is 5.92 Å². The molecule has 13 nitrogen and oxygen atoms in total. The zero-order valence-electron chi connectivity index (χ0n) is 24.6. The number of carboxylic acid groups (broad SMARTS) is 4. The monoisotopic (exact) mass is 628 g/mol. The van der Waals surface area contributed by atoms with Crippen LogP contribution in [0.1, 0.15) is 30.7 Å². The molecule has 46 heavy (non-hydrogen) atoms. The minimum absolute atomic E-state index is 0.0278. The van der Waals surface area contributed by atoms with E-state index in [4.69, 9.17) is 15.1 Å². The summed E-state index contributed by atoms with van der Waals surface area (Å²) in [4.78, 5) is 60.5. The highest BCUT2D eigenvalue weighted by Crippen LogP contribution is 2.30. The number of aliphatic carboxylic acids is 4. The first-order chi connectivity index (χ1) is 21.9. The molecular formula is C33H32N4O9. The zero-order valence-corrected chi connectivity index (χ0v) is 24.6. The second-order valence-corrected chi connectivity index (χ2v) is 10.7. The van der Waals surface area contributed by atoms with Crippen LogP contribution in [0.3, 0.4) is 0 Å². The number of rotatable bonds is 16. The first kappa shape index (κ1) is 33.2. The van der Waals surface area contributed by atoms with Gasteiger partial charge >= 0.3 is 23.9 Å². The molecule has 0 fully saturated rings. The van der Waals surface area contributed by atoms with E-state index in [1.165, 1.54) is 4.90 Å². The number of phenols is 1. The Morgan fingerprint density at radius 3 is 1.74 bits per heavy atom. The largest absolute Gasteiger partial charge is 0.508 e. The summed E-state index contributed by atoms with van der Waals surface area (Å²) < 4.78 is 0. The maximum atomic E-state index is 11.4. The minimum atomic E-state index is -1.17. The lowest BCUT2D eigenvalue weighted by atomic mass is 9.93. The van der Waals surface area contributed by atoms with Crippen molar-refractivity contribution in [3.8, 4) is 39.7 Å². The average Bonchev–Trinajstić information content (AvgIpc) is 2.99. The van der Waals surface area contributed by atoms with Crippen molar-refractivity contribution in [2.45, 2.75) is 32.2 Å². The van der Waals surface area contributed by atoms with Gasteiger partial charge in [0.2, 0.25) is 0 Å². The molecule has 0 spiro atoms. The van der Waals surface area contributed by atoms with Crippen LogP contribution in [0.4, 0.5) is 0 Å². The van der Waals surface area contributed by atoms with E-state index >= 15 is 0 Å². The molecule has 3 heterocycles. The molecule has 0 aliphatic carbocycles. The Morgan fingerprint density at radius 2 is 1.20 bits per heavy atom. The van der Waals surface area contributed by atoms with Crippen molar-refractivity contribution in [3.05, 3.63) is 84.2 Å². The van der Waals surface area contributed by atoms with E-state index in [9.17, 15) is 39.6 Å². The smallest absolute Gasteiger partial charge is 0.317 e. The van der Waals surface area contributed by atoms with Crippen LogP contribution in [-0.2, 0) is 32.1 Å². The number of hydrogen-bond acceptors (Lipinski definition) is 9. The van der Waals surface area contributed by atoms with E-state index in [2.05, 4.69) is 4.98 Å². The van der Waals surface area contributed by atoms with Crippen LogP contribution in [0.2, 0.25) is 0 Å². The standard InChI is InChI=1S/C33H32N4O9/c38-25-10-8-21(9-11-25)22-15-28(26-5-1-3-23(34-26)13-20(14-31(41)42)7-12-30(39)40)36-29(16-22)27-6-2-4-24(35-27)17-37(18-32(43)44)19-33(45)46/h1-6,8-11,15-16,20,38H,7,12-14,17-19H2,(H,39,40)(H,41,42)(H,43,44)(H,45,46). The normalized spacial score (nSPS) is 11.7. The number of aromatic nitrogens is 3. The summed E-state index contributed by atoms with van der Waals surface area (Å²) in [6.45, 7) is -0.995. The maximum Gasteiger partial charge on any atom is 0.317 e. The second-order valence-electron chi connectivity index (χ2n) is 10.7. The van der Waals surface area contributed by atoms with E-state index in [1.54, 1.807) is 66.7 Å². The van der Waals surface area contributed by atoms with Gasteiger partial charge in [-0.05, 0) is 78.4 Å². The van der Waals surface area contributed by atoms with Crippen LogP contribution < -0.4 is 0 Å². The number of nitrogens with zero attached hydrogens (tertiary/aromatic N) is 4. The van der Waals surface area contributed by atoms with E-state index in [-0.39, 0.29) is 38.0 Å². The summed E-state index contributed by atoms with van der Waals surface area (Å²) in [5.74, 6) is -4.71. The Kier molecular flexibility index (Phi) is 11.1. The molecule has 0 aliphatic heterocycles. The van der Waals surface area contributed by atoms with E-state index in [0.717, 1.165) is 11.1 Å². The van der Waals surface area contributed by atoms with Crippen LogP contribution in [-0.4, -0.2) is 82.4 Å². The van der Waals surface area contributed by atoms with Gasteiger partial charge in [0.1, 0.15) is 5.75 Å². The van der Waals surface area contributed by atoms with Crippen LogP contribution in [0.15, 0.2) is 72.8 Å². The third-order valence-corrected chi connectivity index (χ3v) is 7.00. The van der Waals surface area contributed by atoms with Gasteiger partial charge in [-0.3, -0.25) is 29.1 Å². The lowest BCUT2D eigenvalue weighted by molar-refractivity contribution is -0.142. The number of carbonyl (C=O) groups is 4. The molecule has 0 saturated carbocycles. The highest BCUT2D eigenvalue weighted by Gasteiger charge is 2.19. The van der Waals surface area contributed by atoms with Gasteiger partial charge in [0.05, 0.1) is 41.6 Å². The number of carboxylic acids is 4. The first-order valence-corrected chi connectivity index (χ1v) is 14.3. The molecule has 0 aliphatic rings. The SMILES string of the molecule is O=C(O)CCC(CC(=O)O)Cc1cccc(-c2cc(-c3ccc(O)cc3)cc(-c3cccc(CN(CC(=O)O)CC(=O)O)n3)n2)n1. The van der Waals surface area contributed by atoms with Crippen molar-refractivity contribution in [1.29, 1.82) is 0 Å². The molecule has 1 atom stereocenters. The molecular weight excluding hydrogens is 596 g/mol. The van der Waals surface area contributed by atoms with E-state index in [0.29, 0.717) is 34.2 Å². The van der Waals surface area contributed by atoms with Crippen LogP contribution >= 0.6 is 0 Å². The van der Waals surface area contributed by atoms with Gasteiger partial charge in [-0.25, -0.2) is 9.97 Å². The molecule has 5 N–H and O–H groups in total. The van der Waals surface area contributed by atoms with Gasteiger partial charge in [-0.1, -0.05) is 24.3 Å². The summed E-state index contributed by atoms with van der Waals surface area (Å²) >= 11 is 0. The Hall–Kier alpha value is -5.69. The summed E-state index contributed by atoms with van der Waals surface area (Å²) in [5.41, 5.74) is 4.33. The van der Waals surface area contributed by atoms with E-state index < -0.39 is 42.9 Å². The predicted octanol–water partition coefficient (Wildman–Crippen LogP) is 4.05. The highest BCUT2D eigenvalue weighted by atomic mass is 16.4. The summed E-state index contributed by atoms with van der Waals surface area (Å²) in [5, 5.41) is 46.7. The van der Waals surface area contributed by atoms with Crippen molar-refractivity contribution < 1.29 is 44.7 Å². The van der Waals surface area contributed by atoms with Crippen molar-refractivity contribution in [1.82, 2.24) is 19.9 Å². The van der Waals surface area contributed by atoms with Gasteiger partial charge in [-0.2, -0.15) is 0 Å². The first-order valence-electron chi connectivity index (χ1n) is 14.3. The number of pyridine rings is 3. The minimum Gasteiger partial charge on any atom is -0.508 e. The summed E-state index contributed by atoms with van der Waals surface area (Å²) in [6, 6.07) is 20.5. The third kappa shape index (κ3) is 9.92. The molecule has 4 rings (SSSR count). The molecule has 13 heteroatoms. The van der Waals surface area contributed by atoms with Gasteiger partial charge < -0.3 is 25.5 Å². The topological polar surface area (TPSA) is 211 Å². The molecule has 0 bridgehead atoms. The van der Waals surface area contributed by atoms with Crippen LogP contribution in [0, 0.1) is 5.92 Å². The fraction of sp³-hybridized carbons (Fsp3) is 0.242. The molecule has 1 unspecified atom stereocenters. The van der Waals surface area contributed by atoms with Crippen molar-refractivity contribution in [3.63, 3.8) is 0 Å². The average molecular weight is 629 g/mol. The highest BCUT2D eigenvalue weighted by molar-refractivity contribution is 5.75. The maximum absolute atomic E-state index is 11.4. The Labute approximate surface area is 263 Å². The molecule has 0 radical (unpaired) electrons. The Morgan fingerprint density at radius 1 is 0.630 bits per heavy atom. The van der Waals surface area contributed by atoms with Gasteiger partial charge in [0.25, 0.3) is 0 Å². The number of aromatic hydroxyl groups is 1. The van der Waals surface area contributed by atoms with Crippen molar-refractivity contribution in [2.75, 3.05) is 13.1 Å². The quantitative estimate of drug-likeness (QED) is 0.119. The van der Waals surface area contributed by atoms with Gasteiger partial charge in [0, 0.05) is 25.1 Å². The predicted molar refractivity (Wildman–Crippen MR) is 165 cm³/mol. The van der Waals surface area contributed by atoms with Crippen molar-refractivity contribution >= 4 is 23.9 Å². The molecule has 1 aromatic carbocycles. The summed E-state index contributed by atoms with van der Waals surface area (Å²) in [7, 11) is 0. The lowest BCUT2D eigenvalue weighted by Crippen LogP contribution is -2.34. The second kappa shape index (κ2) is 15.3. The Balaban J connectivity index is 1.73. The number of benzene rings is 1. The fourth-order valence-corrected chi connectivity index (χ4v) is 4.99. The van der Waals surface area contributed by atoms with Gasteiger partial charge in [0.15, 0.2) is 0 Å². The lowest BCUT2D eigenvalue weighted by Gasteiger charge is -2.18. The third-order valence-electron chi connectivity index (χ3n) is 7.00. The molecule has 4 aromatic rings. The van der Waals surface area contributed by atoms with Crippen LogP contribution in [0.5, 0.6) is 5.75 Å². The fourth-order valence-electron chi connectivity index (χ4n) is 4.99. The Bertz CT molecular complexity index is 1710. The zero-order chi connectivity index (χ0) is 33.2.